The first kappa shape index (κ1) is 9.30. The van der Waals surface area contributed by atoms with Crippen LogP contribution in [-0.2, 0) is 0 Å². The van der Waals surface area contributed by atoms with Crippen molar-refractivity contribution < 1.29 is 0 Å². The Kier molecular flexibility index (Phi) is 2.56. The molecule has 4 nitrogen and oxygen atoms in total. The quantitative estimate of drug-likeness (QED) is 0.749. The van der Waals surface area contributed by atoms with E-state index in [2.05, 4.69) is 20.4 Å². The van der Waals surface area contributed by atoms with Crippen LogP contribution in [0.4, 0.5) is 0 Å². The average molecular weight is 227 g/mol. The molecule has 0 saturated carbocycles. The van der Waals surface area contributed by atoms with Crippen LogP contribution >= 0.6 is 23.2 Å². The normalized spacial score (nSPS) is 10.1. The molecule has 14 heavy (non-hydrogen) atoms. The number of rotatable bonds is 1. The molecular weight excluding hydrogens is 223 g/mol. The highest BCUT2D eigenvalue weighted by Gasteiger charge is 2.10. The van der Waals surface area contributed by atoms with Crippen LogP contribution in [0, 0.1) is 0 Å². The second-order valence-corrected chi connectivity index (χ2v) is 3.25. The molecular formula is C8H4Cl2N4. The van der Waals surface area contributed by atoms with Crippen molar-refractivity contribution in [3.8, 4) is 11.4 Å². The first-order valence-electron chi connectivity index (χ1n) is 3.74. The molecule has 0 aromatic carbocycles. The van der Waals surface area contributed by atoms with Gasteiger partial charge in [0.1, 0.15) is 11.4 Å². The predicted octanol–water partition coefficient (Wildman–Crippen LogP) is 2.24. The summed E-state index contributed by atoms with van der Waals surface area (Å²) in [6.45, 7) is 0. The van der Waals surface area contributed by atoms with Gasteiger partial charge in [-0.15, -0.1) is 10.2 Å². The molecule has 0 unspecified atom stereocenters. The fourth-order valence-electron chi connectivity index (χ4n) is 0.942. The zero-order valence-electron chi connectivity index (χ0n) is 6.85. The van der Waals surface area contributed by atoms with Gasteiger partial charge in [-0.25, -0.2) is 0 Å². The van der Waals surface area contributed by atoms with E-state index in [1.807, 2.05) is 0 Å². The Balaban J connectivity index is 2.58. The Labute approximate surface area is 89.9 Å². The lowest BCUT2D eigenvalue weighted by atomic mass is 10.3. The summed E-state index contributed by atoms with van der Waals surface area (Å²) in [5.41, 5.74) is 0.986. The standard InChI is InChI=1S/C8H4Cl2N4/c9-5-4-12-14-8(7(5)10)6-2-1-3-11-13-6/h1-4H. The van der Waals surface area contributed by atoms with E-state index in [9.17, 15) is 0 Å². The van der Waals surface area contributed by atoms with Crippen LogP contribution in [0.3, 0.4) is 0 Å². The molecule has 0 spiro atoms. The molecule has 0 bridgehead atoms. The molecule has 0 radical (unpaired) electrons. The molecule has 0 atom stereocenters. The zero-order chi connectivity index (χ0) is 9.97. The van der Waals surface area contributed by atoms with Gasteiger partial charge in [0.2, 0.25) is 0 Å². The fourth-order valence-corrected chi connectivity index (χ4v) is 1.26. The third-order valence-electron chi connectivity index (χ3n) is 1.56. The second-order valence-electron chi connectivity index (χ2n) is 2.46. The van der Waals surface area contributed by atoms with Crippen molar-refractivity contribution in [3.63, 3.8) is 0 Å². The van der Waals surface area contributed by atoms with Crippen molar-refractivity contribution in [2.24, 2.45) is 0 Å². The van der Waals surface area contributed by atoms with Crippen LogP contribution < -0.4 is 0 Å². The van der Waals surface area contributed by atoms with Crippen molar-refractivity contribution in [3.05, 3.63) is 34.6 Å². The summed E-state index contributed by atoms with van der Waals surface area (Å²) < 4.78 is 0. The molecule has 0 N–H and O–H groups in total. The molecule has 0 aliphatic heterocycles. The smallest absolute Gasteiger partial charge is 0.133 e. The van der Waals surface area contributed by atoms with Crippen LogP contribution in [0.2, 0.25) is 10.0 Å². The first-order valence-corrected chi connectivity index (χ1v) is 4.49. The molecule has 2 heterocycles. The molecule has 0 fully saturated rings. The molecule has 2 aromatic rings. The van der Waals surface area contributed by atoms with Gasteiger partial charge >= 0.3 is 0 Å². The van der Waals surface area contributed by atoms with E-state index in [-0.39, 0.29) is 0 Å². The topological polar surface area (TPSA) is 51.6 Å². The van der Waals surface area contributed by atoms with E-state index in [0.717, 1.165) is 0 Å². The van der Waals surface area contributed by atoms with Gasteiger partial charge in [0.25, 0.3) is 0 Å². The van der Waals surface area contributed by atoms with E-state index in [0.29, 0.717) is 21.4 Å². The van der Waals surface area contributed by atoms with E-state index in [1.54, 1.807) is 18.3 Å². The highest BCUT2D eigenvalue weighted by Crippen LogP contribution is 2.28. The third kappa shape index (κ3) is 1.66. The number of hydrogen-bond acceptors (Lipinski definition) is 4. The van der Waals surface area contributed by atoms with Crippen molar-refractivity contribution >= 4 is 23.2 Å². The summed E-state index contributed by atoms with van der Waals surface area (Å²) >= 11 is 11.7. The fraction of sp³-hybridized carbons (Fsp3) is 0. The number of nitrogens with zero attached hydrogens (tertiary/aromatic N) is 4. The van der Waals surface area contributed by atoms with Gasteiger partial charge in [-0.1, -0.05) is 23.2 Å². The Morgan fingerprint density at radius 1 is 1.07 bits per heavy atom. The van der Waals surface area contributed by atoms with E-state index < -0.39 is 0 Å². The molecule has 2 aromatic heterocycles. The monoisotopic (exact) mass is 226 g/mol. The number of halogens is 2. The predicted molar refractivity (Wildman–Crippen MR) is 53.1 cm³/mol. The second kappa shape index (κ2) is 3.86. The average Bonchev–Trinajstić information content (AvgIpc) is 2.23. The van der Waals surface area contributed by atoms with E-state index in [1.165, 1.54) is 6.20 Å². The Morgan fingerprint density at radius 2 is 1.93 bits per heavy atom. The zero-order valence-corrected chi connectivity index (χ0v) is 8.37. The maximum atomic E-state index is 5.93. The van der Waals surface area contributed by atoms with Gasteiger partial charge in [0.15, 0.2) is 0 Å². The highest BCUT2D eigenvalue weighted by atomic mass is 35.5. The lowest BCUT2D eigenvalue weighted by Gasteiger charge is -2.00. The van der Waals surface area contributed by atoms with Crippen molar-refractivity contribution in [1.29, 1.82) is 0 Å². The van der Waals surface area contributed by atoms with Crippen molar-refractivity contribution in [1.82, 2.24) is 20.4 Å². The Morgan fingerprint density at radius 3 is 2.64 bits per heavy atom. The summed E-state index contributed by atoms with van der Waals surface area (Å²) in [5, 5.41) is 15.8. The molecule has 0 saturated heterocycles. The number of hydrogen-bond donors (Lipinski definition) is 0. The summed E-state index contributed by atoms with van der Waals surface area (Å²) in [6, 6.07) is 3.47. The minimum atomic E-state index is 0.335. The van der Waals surface area contributed by atoms with Gasteiger partial charge < -0.3 is 0 Å². The maximum Gasteiger partial charge on any atom is 0.133 e. The lowest BCUT2D eigenvalue weighted by molar-refractivity contribution is 0.989. The van der Waals surface area contributed by atoms with E-state index >= 15 is 0 Å². The Bertz CT molecular complexity index is 446. The lowest BCUT2D eigenvalue weighted by Crippen LogP contribution is -1.92. The highest BCUT2D eigenvalue weighted by molar-refractivity contribution is 6.43. The molecule has 0 aliphatic carbocycles. The molecule has 70 valence electrons. The molecule has 0 aliphatic rings. The van der Waals surface area contributed by atoms with Gasteiger partial charge in [0.05, 0.1) is 16.2 Å². The van der Waals surface area contributed by atoms with Gasteiger partial charge in [0, 0.05) is 6.20 Å². The van der Waals surface area contributed by atoms with E-state index in [4.69, 9.17) is 23.2 Å². The summed E-state index contributed by atoms with van der Waals surface area (Å²) in [6.07, 6.45) is 2.94. The van der Waals surface area contributed by atoms with Gasteiger partial charge in [-0.3, -0.25) is 0 Å². The van der Waals surface area contributed by atoms with Crippen molar-refractivity contribution in [2.45, 2.75) is 0 Å². The van der Waals surface area contributed by atoms with Crippen LogP contribution in [0.15, 0.2) is 24.5 Å². The molecule has 2 rings (SSSR count). The first-order chi connectivity index (χ1) is 6.79. The minimum absolute atomic E-state index is 0.335. The Hall–Kier alpha value is -1.26. The van der Waals surface area contributed by atoms with Crippen LogP contribution in [0.1, 0.15) is 0 Å². The SMILES string of the molecule is Clc1cnnc(-c2cccnn2)c1Cl. The summed E-state index contributed by atoms with van der Waals surface area (Å²) in [4.78, 5) is 0. The van der Waals surface area contributed by atoms with Gasteiger partial charge in [-0.2, -0.15) is 10.2 Å². The van der Waals surface area contributed by atoms with Gasteiger partial charge in [-0.05, 0) is 12.1 Å². The molecule has 6 heteroatoms. The third-order valence-corrected chi connectivity index (χ3v) is 2.33. The maximum absolute atomic E-state index is 5.93. The summed E-state index contributed by atoms with van der Waals surface area (Å²) in [7, 11) is 0. The van der Waals surface area contributed by atoms with Crippen LogP contribution in [0.25, 0.3) is 11.4 Å². The summed E-state index contributed by atoms with van der Waals surface area (Å²) in [5.74, 6) is 0. The minimum Gasteiger partial charge on any atom is -0.158 e. The van der Waals surface area contributed by atoms with Crippen molar-refractivity contribution in [2.75, 3.05) is 0 Å². The van der Waals surface area contributed by atoms with Crippen LogP contribution in [-0.4, -0.2) is 20.4 Å². The molecule has 0 amide bonds. The largest absolute Gasteiger partial charge is 0.158 e. The van der Waals surface area contributed by atoms with Crippen LogP contribution in [0.5, 0.6) is 0 Å². The number of aromatic nitrogens is 4.